The molecule has 1 aliphatic heterocycles. The van der Waals surface area contributed by atoms with E-state index in [1.165, 1.54) is 0 Å². The van der Waals surface area contributed by atoms with Gasteiger partial charge >= 0.3 is 0 Å². The highest BCUT2D eigenvalue weighted by Gasteiger charge is 1.73. The first kappa shape index (κ1) is 7.66. The lowest BCUT2D eigenvalue weighted by Gasteiger charge is -1.94. The van der Waals surface area contributed by atoms with Crippen molar-refractivity contribution in [3.8, 4) is 0 Å². The Morgan fingerprint density at radius 3 is 2.00 bits per heavy atom. The van der Waals surface area contributed by atoms with E-state index in [1.807, 2.05) is 42.9 Å². The Bertz CT molecular complexity index is 180. The molecule has 0 bridgehead atoms. The van der Waals surface area contributed by atoms with Crippen molar-refractivity contribution in [3.05, 3.63) is 49.0 Å². The molecule has 2 nitrogen and oxygen atoms in total. The Labute approximate surface area is 66.6 Å². The van der Waals surface area contributed by atoms with Crippen LogP contribution in [0.2, 0.25) is 0 Å². The summed E-state index contributed by atoms with van der Waals surface area (Å²) in [7, 11) is 0. The number of allylic oxidation sites excluding steroid dienone is 2. The average molecular weight is 148 g/mol. The Morgan fingerprint density at radius 2 is 1.82 bits per heavy atom. The van der Waals surface area contributed by atoms with E-state index in [0.717, 1.165) is 6.54 Å². The van der Waals surface area contributed by atoms with E-state index in [0.29, 0.717) is 0 Å². The van der Waals surface area contributed by atoms with E-state index in [4.69, 9.17) is 0 Å². The molecule has 0 amide bonds. The zero-order chi connectivity index (χ0) is 7.78. The molecule has 0 unspecified atom stereocenters. The molecule has 0 saturated carbocycles. The van der Waals surface area contributed by atoms with Crippen molar-refractivity contribution in [3.63, 3.8) is 0 Å². The minimum Gasteiger partial charge on any atom is -0.387 e. The van der Waals surface area contributed by atoms with Crippen molar-refractivity contribution < 1.29 is 0 Å². The molecule has 2 N–H and O–H groups in total. The monoisotopic (exact) mass is 148 g/mol. The lowest BCUT2D eigenvalue weighted by Crippen LogP contribution is -2.05. The zero-order valence-electron chi connectivity index (χ0n) is 6.33. The molecule has 1 aliphatic rings. The standard InChI is InChI=1S/C5H7N.C4H5N/c1-2-4-6-5-3-1;1-2-4-5-3-1/h1-4,6H,5H2;1-5H. The number of aromatic nitrogens is 1. The second-order valence-corrected chi connectivity index (χ2v) is 2.08. The highest BCUT2D eigenvalue weighted by molar-refractivity contribution is 5.06. The average Bonchev–Trinajstić information content (AvgIpc) is 2.64. The quantitative estimate of drug-likeness (QED) is 0.575. The molecule has 0 fully saturated rings. The normalized spacial score (nSPS) is 13.1. The van der Waals surface area contributed by atoms with Crippen molar-refractivity contribution in [2.75, 3.05) is 6.54 Å². The summed E-state index contributed by atoms with van der Waals surface area (Å²) in [4.78, 5) is 2.86. The van der Waals surface area contributed by atoms with Crippen LogP contribution in [0.3, 0.4) is 0 Å². The molecule has 2 heteroatoms. The molecule has 11 heavy (non-hydrogen) atoms. The minimum absolute atomic E-state index is 0.983. The maximum atomic E-state index is 3.02. The molecule has 58 valence electrons. The van der Waals surface area contributed by atoms with E-state index in [2.05, 4.69) is 16.4 Å². The van der Waals surface area contributed by atoms with E-state index >= 15 is 0 Å². The van der Waals surface area contributed by atoms with E-state index < -0.39 is 0 Å². The zero-order valence-corrected chi connectivity index (χ0v) is 6.33. The molecule has 2 heterocycles. The molecule has 2 rings (SSSR count). The first-order valence-electron chi connectivity index (χ1n) is 3.63. The van der Waals surface area contributed by atoms with Crippen molar-refractivity contribution in [2.24, 2.45) is 0 Å². The van der Waals surface area contributed by atoms with Crippen LogP contribution in [-0.2, 0) is 0 Å². The Balaban J connectivity index is 0.000000112. The summed E-state index contributed by atoms with van der Waals surface area (Å²) in [5.74, 6) is 0. The van der Waals surface area contributed by atoms with Gasteiger partial charge in [0, 0.05) is 18.9 Å². The van der Waals surface area contributed by atoms with Crippen LogP contribution in [0.5, 0.6) is 0 Å². The highest BCUT2D eigenvalue weighted by atomic mass is 14.8. The fourth-order valence-electron chi connectivity index (χ4n) is 0.684. The molecule has 0 aromatic carbocycles. The van der Waals surface area contributed by atoms with Crippen LogP contribution in [0.1, 0.15) is 0 Å². The molecule has 0 radical (unpaired) electrons. The fourth-order valence-corrected chi connectivity index (χ4v) is 0.684. The van der Waals surface area contributed by atoms with Crippen LogP contribution in [0.15, 0.2) is 49.0 Å². The van der Waals surface area contributed by atoms with Crippen LogP contribution >= 0.6 is 0 Å². The SMILES string of the molecule is C1=CCNC=C1.c1cc[nH]c1. The molecular weight excluding hydrogens is 136 g/mol. The maximum Gasteiger partial charge on any atom is 0.0328 e. The summed E-state index contributed by atoms with van der Waals surface area (Å²) in [6.07, 6.45) is 11.8. The van der Waals surface area contributed by atoms with E-state index in [9.17, 15) is 0 Å². The summed E-state index contributed by atoms with van der Waals surface area (Å²) in [6.45, 7) is 0.983. The van der Waals surface area contributed by atoms with Gasteiger partial charge in [0.1, 0.15) is 0 Å². The molecular formula is C9H12N2. The maximum absolute atomic E-state index is 3.02. The highest BCUT2D eigenvalue weighted by Crippen LogP contribution is 1.78. The summed E-state index contributed by atoms with van der Waals surface area (Å²) in [5, 5.41) is 3.02. The van der Waals surface area contributed by atoms with Crippen molar-refractivity contribution >= 4 is 0 Å². The molecule has 1 aromatic heterocycles. The van der Waals surface area contributed by atoms with Crippen LogP contribution in [0.4, 0.5) is 0 Å². The number of rotatable bonds is 0. The van der Waals surface area contributed by atoms with E-state index in [1.54, 1.807) is 0 Å². The van der Waals surface area contributed by atoms with Crippen LogP contribution in [-0.4, -0.2) is 11.5 Å². The third-order valence-corrected chi connectivity index (χ3v) is 1.19. The van der Waals surface area contributed by atoms with Crippen molar-refractivity contribution in [1.82, 2.24) is 10.3 Å². The Kier molecular flexibility index (Phi) is 3.73. The largest absolute Gasteiger partial charge is 0.387 e. The number of nitrogens with one attached hydrogen (secondary N) is 2. The van der Waals surface area contributed by atoms with Gasteiger partial charge in [0.25, 0.3) is 0 Å². The number of hydrogen-bond donors (Lipinski definition) is 2. The predicted octanol–water partition coefficient (Wildman–Crippen LogP) is 1.67. The lowest BCUT2D eigenvalue weighted by atomic mass is 10.4. The third kappa shape index (κ3) is 4.03. The first-order valence-corrected chi connectivity index (χ1v) is 3.63. The van der Waals surface area contributed by atoms with Crippen LogP contribution < -0.4 is 5.32 Å². The van der Waals surface area contributed by atoms with Gasteiger partial charge in [-0.05, 0) is 24.4 Å². The van der Waals surface area contributed by atoms with Gasteiger partial charge in [-0.2, -0.15) is 0 Å². The summed E-state index contributed by atoms with van der Waals surface area (Å²) < 4.78 is 0. The van der Waals surface area contributed by atoms with Gasteiger partial charge in [-0.15, -0.1) is 0 Å². The second-order valence-electron chi connectivity index (χ2n) is 2.08. The van der Waals surface area contributed by atoms with Gasteiger partial charge in [-0.3, -0.25) is 0 Å². The first-order chi connectivity index (χ1) is 5.50. The van der Waals surface area contributed by atoms with Crippen LogP contribution in [0.25, 0.3) is 0 Å². The molecule has 0 saturated heterocycles. The predicted molar refractivity (Wildman–Crippen MR) is 47.1 cm³/mol. The van der Waals surface area contributed by atoms with Gasteiger partial charge in [0.05, 0.1) is 0 Å². The smallest absolute Gasteiger partial charge is 0.0328 e. The van der Waals surface area contributed by atoms with Gasteiger partial charge in [0.2, 0.25) is 0 Å². The number of dihydropyridines is 1. The van der Waals surface area contributed by atoms with Crippen molar-refractivity contribution in [1.29, 1.82) is 0 Å². The Morgan fingerprint density at radius 1 is 1.00 bits per heavy atom. The van der Waals surface area contributed by atoms with Gasteiger partial charge in [-0.25, -0.2) is 0 Å². The number of aromatic amines is 1. The molecule has 0 atom stereocenters. The Hall–Kier alpha value is -1.44. The minimum atomic E-state index is 0.983. The van der Waals surface area contributed by atoms with E-state index in [-0.39, 0.29) is 0 Å². The number of H-pyrrole nitrogens is 1. The van der Waals surface area contributed by atoms with Crippen molar-refractivity contribution in [2.45, 2.75) is 0 Å². The fraction of sp³-hybridized carbons (Fsp3) is 0.111. The van der Waals surface area contributed by atoms with Crippen LogP contribution in [0, 0.1) is 0 Å². The summed E-state index contributed by atoms with van der Waals surface area (Å²) in [5.41, 5.74) is 0. The van der Waals surface area contributed by atoms with Gasteiger partial charge < -0.3 is 10.3 Å². The third-order valence-electron chi connectivity index (χ3n) is 1.19. The number of hydrogen-bond acceptors (Lipinski definition) is 1. The van der Waals surface area contributed by atoms with Gasteiger partial charge in [0.15, 0.2) is 0 Å². The molecule has 1 aromatic rings. The summed E-state index contributed by atoms with van der Waals surface area (Å²) in [6, 6.07) is 3.89. The lowest BCUT2D eigenvalue weighted by molar-refractivity contribution is 0.972. The molecule has 0 spiro atoms. The topological polar surface area (TPSA) is 27.8 Å². The summed E-state index contributed by atoms with van der Waals surface area (Å²) >= 11 is 0. The van der Waals surface area contributed by atoms with Gasteiger partial charge in [-0.1, -0.05) is 12.2 Å². The molecule has 0 aliphatic carbocycles. The second kappa shape index (κ2) is 5.35.